The molecule has 14 heavy (non-hydrogen) atoms. The van der Waals surface area contributed by atoms with Crippen LogP contribution in [0.1, 0.15) is 12.5 Å². The van der Waals surface area contributed by atoms with Crippen LogP contribution in [0.2, 0.25) is 0 Å². The molecule has 4 nitrogen and oxygen atoms in total. The van der Waals surface area contributed by atoms with Gasteiger partial charge in [0.15, 0.2) is 12.4 Å². The number of hydrogen-bond acceptors (Lipinski definition) is 2. The van der Waals surface area contributed by atoms with E-state index in [0.717, 1.165) is 0 Å². The molecule has 0 aliphatic carbocycles. The molecule has 3 N–H and O–H groups in total. The largest absolute Gasteiger partial charge is 1.00 e. The molecule has 0 aliphatic heterocycles. The first kappa shape index (κ1) is 12.9. The summed E-state index contributed by atoms with van der Waals surface area (Å²) in [5.41, 5.74) is 5.18. The lowest BCUT2D eigenvalue weighted by molar-refractivity contribution is -0.710. The number of carbonyl (C=O) groups excluding carboxylic acids is 1. The fourth-order valence-corrected chi connectivity index (χ4v) is 1.18. The van der Waals surface area contributed by atoms with Crippen molar-refractivity contribution in [3.63, 3.8) is 0 Å². The number of rotatable bonds is 4. The molecular weight excluding hydrogens is 204 g/mol. The molecule has 1 atom stereocenters. The summed E-state index contributed by atoms with van der Waals surface area (Å²) >= 11 is 0. The maximum absolute atomic E-state index is 11.0. The summed E-state index contributed by atoms with van der Waals surface area (Å²) in [4.78, 5) is 11.0. The van der Waals surface area contributed by atoms with E-state index >= 15 is 0 Å². The van der Waals surface area contributed by atoms with Gasteiger partial charge in [-0.3, -0.25) is 4.79 Å². The molecule has 0 aliphatic rings. The number of hydrogen-bond donors (Lipinski definition) is 2. The van der Waals surface area contributed by atoms with Gasteiger partial charge in [0.05, 0.1) is 0 Å². The average Bonchev–Trinajstić information content (AvgIpc) is 2.15. The molecule has 1 unspecified atom stereocenters. The van der Waals surface area contributed by atoms with Crippen molar-refractivity contribution in [3.8, 4) is 0 Å². The lowest BCUT2D eigenvalue weighted by atomic mass is 10.2. The monoisotopic (exact) mass is 216 g/mol. The SMILES string of the molecule is NC(=O)C(CCO)[n+]1ccccc1.[Cl-]. The second kappa shape index (κ2) is 6.34. The zero-order valence-corrected chi connectivity index (χ0v) is 8.39. The van der Waals surface area contributed by atoms with E-state index in [1.807, 2.05) is 18.2 Å². The van der Waals surface area contributed by atoms with E-state index < -0.39 is 11.9 Å². The fourth-order valence-electron chi connectivity index (χ4n) is 1.18. The number of nitrogens with two attached hydrogens (primary N) is 1. The van der Waals surface area contributed by atoms with Gasteiger partial charge in [-0.2, -0.15) is 4.57 Å². The summed E-state index contributed by atoms with van der Waals surface area (Å²) in [6, 6.07) is 5.03. The van der Waals surface area contributed by atoms with Crippen molar-refractivity contribution in [3.05, 3.63) is 30.6 Å². The van der Waals surface area contributed by atoms with Crippen molar-refractivity contribution in [1.29, 1.82) is 0 Å². The second-order valence-electron chi connectivity index (χ2n) is 2.75. The highest BCUT2D eigenvalue weighted by molar-refractivity contribution is 5.76. The smallest absolute Gasteiger partial charge is 0.286 e. The normalized spacial score (nSPS) is 11.5. The molecule has 0 fully saturated rings. The molecule has 1 heterocycles. The predicted octanol–water partition coefficient (Wildman–Crippen LogP) is -3.61. The lowest BCUT2D eigenvalue weighted by Gasteiger charge is -2.05. The predicted molar refractivity (Wildman–Crippen MR) is 46.6 cm³/mol. The van der Waals surface area contributed by atoms with Gasteiger partial charge >= 0.3 is 0 Å². The van der Waals surface area contributed by atoms with Gasteiger partial charge in [0.25, 0.3) is 5.91 Å². The van der Waals surface area contributed by atoms with E-state index in [4.69, 9.17) is 10.8 Å². The van der Waals surface area contributed by atoms with E-state index in [9.17, 15) is 4.79 Å². The van der Waals surface area contributed by atoms with E-state index in [2.05, 4.69) is 0 Å². The van der Waals surface area contributed by atoms with E-state index in [-0.39, 0.29) is 19.0 Å². The van der Waals surface area contributed by atoms with Crippen LogP contribution in [0.3, 0.4) is 0 Å². The molecule has 0 spiro atoms. The maximum atomic E-state index is 11.0. The van der Waals surface area contributed by atoms with Crippen LogP contribution in [-0.2, 0) is 4.79 Å². The van der Waals surface area contributed by atoms with Crippen molar-refractivity contribution in [1.82, 2.24) is 0 Å². The number of nitrogens with zero attached hydrogens (tertiary/aromatic N) is 1. The van der Waals surface area contributed by atoms with Gasteiger partial charge < -0.3 is 23.2 Å². The minimum Gasteiger partial charge on any atom is -1.00 e. The van der Waals surface area contributed by atoms with Gasteiger partial charge in [0.2, 0.25) is 6.04 Å². The average molecular weight is 217 g/mol. The van der Waals surface area contributed by atoms with Gasteiger partial charge in [0.1, 0.15) is 0 Å². The summed E-state index contributed by atoms with van der Waals surface area (Å²) in [6.07, 6.45) is 3.86. The molecule has 1 aromatic rings. The number of aromatic nitrogens is 1. The van der Waals surface area contributed by atoms with Crippen LogP contribution >= 0.6 is 0 Å². The maximum Gasteiger partial charge on any atom is 0.286 e. The Morgan fingerprint density at radius 1 is 1.36 bits per heavy atom. The Morgan fingerprint density at radius 3 is 2.36 bits per heavy atom. The molecule has 0 aromatic carbocycles. The van der Waals surface area contributed by atoms with E-state index in [0.29, 0.717) is 6.42 Å². The Bertz CT molecular complexity index is 279. The topological polar surface area (TPSA) is 67.2 Å². The number of halogens is 1. The molecule has 0 radical (unpaired) electrons. The molecule has 1 aromatic heterocycles. The van der Waals surface area contributed by atoms with Crippen LogP contribution in [0.25, 0.3) is 0 Å². The number of carbonyl (C=O) groups is 1. The quantitative estimate of drug-likeness (QED) is 0.511. The van der Waals surface area contributed by atoms with Gasteiger partial charge in [-0.25, -0.2) is 0 Å². The van der Waals surface area contributed by atoms with Crippen molar-refractivity contribution in [2.75, 3.05) is 6.61 Å². The number of aliphatic hydroxyl groups excluding tert-OH is 1. The summed E-state index contributed by atoms with van der Waals surface area (Å²) in [5, 5.41) is 8.73. The number of pyridine rings is 1. The van der Waals surface area contributed by atoms with Crippen molar-refractivity contribution >= 4 is 5.91 Å². The first-order valence-electron chi connectivity index (χ1n) is 4.11. The van der Waals surface area contributed by atoms with Crippen LogP contribution in [-0.4, -0.2) is 17.6 Å². The van der Waals surface area contributed by atoms with E-state index in [1.54, 1.807) is 17.0 Å². The molecule has 5 heteroatoms. The van der Waals surface area contributed by atoms with Crippen LogP contribution < -0.4 is 22.7 Å². The summed E-state index contributed by atoms with van der Waals surface area (Å²) in [6.45, 7) is -0.0461. The Hall–Kier alpha value is -1.13. The highest BCUT2D eigenvalue weighted by Gasteiger charge is 2.23. The minimum absolute atomic E-state index is 0. The van der Waals surface area contributed by atoms with Gasteiger partial charge in [-0.05, 0) is 0 Å². The molecule has 1 amide bonds. The van der Waals surface area contributed by atoms with Gasteiger partial charge in [0, 0.05) is 25.2 Å². The first-order chi connectivity index (χ1) is 6.25. The molecule has 78 valence electrons. The number of amides is 1. The number of aliphatic hydroxyl groups is 1. The minimum atomic E-state index is -0.453. The van der Waals surface area contributed by atoms with Crippen LogP contribution in [0.4, 0.5) is 0 Å². The highest BCUT2D eigenvalue weighted by atomic mass is 35.5. The summed E-state index contributed by atoms with van der Waals surface area (Å²) in [5.74, 6) is -0.426. The summed E-state index contributed by atoms with van der Waals surface area (Å²) < 4.78 is 1.69. The highest BCUT2D eigenvalue weighted by Crippen LogP contribution is 1.99. The standard InChI is InChI=1S/C9H12N2O2.ClH/c10-9(13)8(4-7-12)11-5-2-1-3-6-11;/h1-3,5-6,8,12H,4,7H2,(H-,10,13);1H. The first-order valence-corrected chi connectivity index (χ1v) is 4.11. The van der Waals surface area contributed by atoms with Crippen LogP contribution in [0.5, 0.6) is 0 Å². The third-order valence-corrected chi connectivity index (χ3v) is 1.83. The van der Waals surface area contributed by atoms with Gasteiger partial charge in [-0.15, -0.1) is 0 Å². The fraction of sp³-hybridized carbons (Fsp3) is 0.333. The van der Waals surface area contributed by atoms with Crippen molar-refractivity contribution in [2.24, 2.45) is 5.73 Å². The molecular formula is C9H13ClN2O2. The Morgan fingerprint density at radius 2 is 1.93 bits per heavy atom. The molecule has 0 saturated heterocycles. The third kappa shape index (κ3) is 3.32. The molecule has 0 saturated carbocycles. The number of primary amides is 1. The molecule has 1 rings (SSSR count). The second-order valence-corrected chi connectivity index (χ2v) is 2.75. The Balaban J connectivity index is 0.00000169. The zero-order valence-electron chi connectivity index (χ0n) is 7.64. The van der Waals surface area contributed by atoms with E-state index in [1.165, 1.54) is 0 Å². The third-order valence-electron chi connectivity index (χ3n) is 1.83. The van der Waals surface area contributed by atoms with Crippen LogP contribution in [0.15, 0.2) is 30.6 Å². The van der Waals surface area contributed by atoms with Crippen LogP contribution in [0, 0.1) is 0 Å². The van der Waals surface area contributed by atoms with Gasteiger partial charge in [-0.1, -0.05) is 6.07 Å². The van der Waals surface area contributed by atoms with Crippen molar-refractivity contribution < 1.29 is 26.9 Å². The zero-order chi connectivity index (χ0) is 9.68. The van der Waals surface area contributed by atoms with Crippen molar-refractivity contribution in [2.45, 2.75) is 12.5 Å². The lowest BCUT2D eigenvalue weighted by Crippen LogP contribution is -3.00. The summed E-state index contributed by atoms with van der Waals surface area (Å²) in [7, 11) is 0. The Kier molecular flexibility index (Phi) is 5.83. The molecule has 0 bridgehead atoms. The Labute approximate surface area is 88.8 Å².